The largest absolute Gasteiger partial charge is 0.381 e. The van der Waals surface area contributed by atoms with Gasteiger partial charge in [-0.1, -0.05) is 24.8 Å². The minimum Gasteiger partial charge on any atom is -0.381 e. The number of nitrogens with zero attached hydrogens (tertiary/aromatic N) is 2. The molecule has 1 heterocycles. The van der Waals surface area contributed by atoms with Crippen LogP contribution in [0.1, 0.15) is 26.7 Å². The molecule has 0 spiro atoms. The number of carbonyl (C=O) groups excluding carboxylic acids is 1. The molecule has 120 valence electrons. The molecule has 0 unspecified atom stereocenters. The van der Waals surface area contributed by atoms with Crippen molar-refractivity contribution in [3.05, 3.63) is 47.7 Å². The van der Waals surface area contributed by atoms with E-state index in [9.17, 15) is 4.79 Å². The molecule has 1 rings (SSSR count). The first-order valence-electron chi connectivity index (χ1n) is 7.63. The summed E-state index contributed by atoms with van der Waals surface area (Å²) in [5.41, 5.74) is 2.51. The number of carbonyl (C=O) groups is 1. The fraction of sp³-hybridized carbons (Fsp3) is 0.444. The van der Waals surface area contributed by atoms with Gasteiger partial charge in [-0.15, -0.1) is 0 Å². The van der Waals surface area contributed by atoms with Crippen molar-refractivity contribution in [2.45, 2.75) is 32.7 Å². The zero-order chi connectivity index (χ0) is 16.4. The fourth-order valence-electron chi connectivity index (χ4n) is 2.45. The van der Waals surface area contributed by atoms with E-state index < -0.39 is 0 Å². The maximum absolute atomic E-state index is 10.9. The summed E-state index contributed by atoms with van der Waals surface area (Å²) in [6, 6.07) is 0.435. The summed E-state index contributed by atoms with van der Waals surface area (Å²) in [6.07, 6.45) is 11.7. The molecule has 0 radical (unpaired) electrons. The van der Waals surface area contributed by atoms with E-state index in [1.807, 2.05) is 33.0 Å². The number of ether oxygens (including phenoxy) is 1. The topological polar surface area (TPSA) is 41.9 Å². The Balaban J connectivity index is 2.91. The molecule has 1 saturated heterocycles. The molecule has 1 aliphatic heterocycles. The van der Waals surface area contributed by atoms with Gasteiger partial charge in [-0.3, -0.25) is 4.79 Å². The predicted octanol–water partition coefficient (Wildman–Crippen LogP) is 3.29. The number of aliphatic imine (C=N–C) groups is 1. The summed E-state index contributed by atoms with van der Waals surface area (Å²) in [4.78, 5) is 17.5. The van der Waals surface area contributed by atoms with Crippen molar-refractivity contribution in [1.82, 2.24) is 4.90 Å². The van der Waals surface area contributed by atoms with E-state index >= 15 is 0 Å². The SMILES string of the molecule is C=CC(=C/C)/C(=C\C)C(=C/C=O)/N=CN(C)C1CCOCC1. The Morgan fingerprint density at radius 2 is 1.95 bits per heavy atom. The van der Waals surface area contributed by atoms with Crippen LogP contribution in [0.15, 0.2) is 52.7 Å². The Labute approximate surface area is 133 Å². The van der Waals surface area contributed by atoms with Crippen LogP contribution in [0, 0.1) is 0 Å². The number of hydrogen-bond acceptors (Lipinski definition) is 3. The van der Waals surface area contributed by atoms with Crippen molar-refractivity contribution in [2.24, 2.45) is 4.99 Å². The Bertz CT molecular complexity index is 495. The normalized spacial score (nSPS) is 18.6. The molecule has 0 bridgehead atoms. The zero-order valence-corrected chi connectivity index (χ0v) is 13.8. The van der Waals surface area contributed by atoms with Crippen molar-refractivity contribution < 1.29 is 9.53 Å². The van der Waals surface area contributed by atoms with Crippen LogP contribution in [-0.4, -0.2) is 43.8 Å². The van der Waals surface area contributed by atoms with Gasteiger partial charge in [0.15, 0.2) is 0 Å². The molecule has 0 aromatic rings. The molecular formula is C18H26N2O2. The van der Waals surface area contributed by atoms with Gasteiger partial charge >= 0.3 is 0 Å². The minimum absolute atomic E-state index is 0.435. The van der Waals surface area contributed by atoms with Crippen LogP contribution in [0.3, 0.4) is 0 Å². The van der Waals surface area contributed by atoms with Crippen LogP contribution >= 0.6 is 0 Å². The second kappa shape index (κ2) is 9.90. The molecule has 4 nitrogen and oxygen atoms in total. The van der Waals surface area contributed by atoms with Gasteiger partial charge < -0.3 is 9.64 Å². The molecule has 1 fully saturated rings. The Kier molecular flexibility index (Phi) is 8.15. The van der Waals surface area contributed by atoms with Crippen molar-refractivity contribution in [2.75, 3.05) is 20.3 Å². The third-order valence-corrected chi connectivity index (χ3v) is 3.78. The summed E-state index contributed by atoms with van der Waals surface area (Å²) in [7, 11) is 2.01. The van der Waals surface area contributed by atoms with Gasteiger partial charge in [-0.05, 0) is 32.3 Å². The number of rotatable bonds is 7. The van der Waals surface area contributed by atoms with Gasteiger partial charge in [-0.2, -0.15) is 0 Å². The monoisotopic (exact) mass is 302 g/mol. The number of hydrogen-bond donors (Lipinski definition) is 0. The summed E-state index contributed by atoms with van der Waals surface area (Å²) in [5.74, 6) is 0. The highest BCUT2D eigenvalue weighted by Crippen LogP contribution is 2.21. The van der Waals surface area contributed by atoms with Crippen LogP contribution in [0.2, 0.25) is 0 Å². The predicted molar refractivity (Wildman–Crippen MR) is 92.0 cm³/mol. The first-order valence-corrected chi connectivity index (χ1v) is 7.63. The van der Waals surface area contributed by atoms with Crippen molar-refractivity contribution in [3.63, 3.8) is 0 Å². The van der Waals surface area contributed by atoms with Crippen LogP contribution in [0.4, 0.5) is 0 Å². The van der Waals surface area contributed by atoms with Crippen molar-refractivity contribution in [1.29, 1.82) is 0 Å². The number of aldehydes is 1. The Hall–Kier alpha value is -1.94. The summed E-state index contributed by atoms with van der Waals surface area (Å²) >= 11 is 0. The van der Waals surface area contributed by atoms with Gasteiger partial charge in [0.25, 0.3) is 0 Å². The second-order valence-electron chi connectivity index (χ2n) is 5.09. The minimum atomic E-state index is 0.435. The lowest BCUT2D eigenvalue weighted by Crippen LogP contribution is -2.35. The lowest BCUT2D eigenvalue weighted by Gasteiger charge is -2.29. The van der Waals surface area contributed by atoms with Crippen LogP contribution in [-0.2, 0) is 9.53 Å². The molecule has 0 amide bonds. The molecule has 0 N–H and O–H groups in total. The molecule has 0 aromatic carbocycles. The van der Waals surface area contributed by atoms with E-state index in [2.05, 4.69) is 16.5 Å². The van der Waals surface area contributed by atoms with Gasteiger partial charge in [0, 0.05) is 38.0 Å². The average Bonchev–Trinajstić information content (AvgIpc) is 2.57. The van der Waals surface area contributed by atoms with E-state index in [0.717, 1.165) is 43.5 Å². The van der Waals surface area contributed by atoms with Gasteiger partial charge in [0.05, 0.1) is 12.0 Å². The molecule has 4 heteroatoms. The second-order valence-corrected chi connectivity index (χ2v) is 5.09. The third-order valence-electron chi connectivity index (χ3n) is 3.78. The highest BCUT2D eigenvalue weighted by molar-refractivity contribution is 5.72. The van der Waals surface area contributed by atoms with Gasteiger partial charge in [-0.25, -0.2) is 4.99 Å². The smallest absolute Gasteiger partial charge is 0.145 e. The van der Waals surface area contributed by atoms with Gasteiger partial charge in [0.2, 0.25) is 0 Å². The first-order chi connectivity index (χ1) is 10.7. The fourth-order valence-corrected chi connectivity index (χ4v) is 2.45. The highest BCUT2D eigenvalue weighted by atomic mass is 16.5. The lowest BCUT2D eigenvalue weighted by molar-refractivity contribution is -0.104. The Morgan fingerprint density at radius 3 is 2.45 bits per heavy atom. The van der Waals surface area contributed by atoms with E-state index in [1.165, 1.54) is 6.08 Å². The molecule has 22 heavy (non-hydrogen) atoms. The van der Waals surface area contributed by atoms with E-state index in [1.54, 1.807) is 12.4 Å². The number of allylic oxidation sites excluding steroid dienone is 5. The average molecular weight is 302 g/mol. The summed E-state index contributed by atoms with van der Waals surface area (Å²) in [6.45, 7) is 9.26. The lowest BCUT2D eigenvalue weighted by atomic mass is 10.0. The van der Waals surface area contributed by atoms with Crippen LogP contribution < -0.4 is 0 Å². The van der Waals surface area contributed by atoms with E-state index in [-0.39, 0.29) is 0 Å². The molecular weight excluding hydrogens is 276 g/mol. The summed E-state index contributed by atoms with van der Waals surface area (Å²) in [5, 5.41) is 0. The maximum Gasteiger partial charge on any atom is 0.145 e. The molecule has 0 atom stereocenters. The summed E-state index contributed by atoms with van der Waals surface area (Å²) < 4.78 is 5.37. The zero-order valence-electron chi connectivity index (χ0n) is 13.8. The van der Waals surface area contributed by atoms with Crippen molar-refractivity contribution >= 4 is 12.6 Å². The van der Waals surface area contributed by atoms with Crippen LogP contribution in [0.5, 0.6) is 0 Å². The van der Waals surface area contributed by atoms with Gasteiger partial charge in [0.1, 0.15) is 6.29 Å². The van der Waals surface area contributed by atoms with E-state index in [4.69, 9.17) is 4.74 Å². The van der Waals surface area contributed by atoms with Crippen molar-refractivity contribution in [3.8, 4) is 0 Å². The molecule has 1 aliphatic rings. The standard InChI is InChI=1S/C18H26N2O2/c1-5-15(6-2)17(7-3)18(8-11-21)19-14-20(4)16-9-12-22-13-10-16/h5-8,11,14,16H,1,9-10,12-13H2,2-4H3/b15-6-,17-7+,18-8-,19-14?. The molecule has 0 aliphatic carbocycles. The van der Waals surface area contributed by atoms with E-state index in [0.29, 0.717) is 11.7 Å². The third kappa shape index (κ3) is 5.11. The molecule has 0 aromatic heterocycles. The quantitative estimate of drug-likeness (QED) is 0.238. The highest BCUT2D eigenvalue weighted by Gasteiger charge is 2.16. The molecule has 0 saturated carbocycles. The Morgan fingerprint density at radius 1 is 1.27 bits per heavy atom. The first kappa shape index (κ1) is 18.1. The van der Waals surface area contributed by atoms with Crippen LogP contribution in [0.25, 0.3) is 0 Å². The maximum atomic E-state index is 10.9.